The SMILES string of the molecule is CCOC(=O)c1sc(N)c(C#N)c1CSc1nnc(-c2ccc(C)cc2)o1. The Balaban J connectivity index is 1.80. The number of thioether (sulfide) groups is 1. The molecule has 0 spiro atoms. The molecule has 2 N–H and O–H groups in total. The van der Waals surface area contributed by atoms with Crippen LogP contribution in [0.1, 0.15) is 33.3 Å². The predicted octanol–water partition coefficient (Wildman–Crippen LogP) is 4.03. The number of aryl methyl sites for hydroxylation is 1. The van der Waals surface area contributed by atoms with Gasteiger partial charge < -0.3 is 14.9 Å². The third-order valence-corrected chi connectivity index (χ3v) is 5.54. The van der Waals surface area contributed by atoms with Crippen LogP contribution in [0.3, 0.4) is 0 Å². The smallest absolute Gasteiger partial charge is 0.348 e. The number of aromatic nitrogens is 2. The Labute approximate surface area is 164 Å². The van der Waals surface area contributed by atoms with Crippen molar-refractivity contribution < 1.29 is 13.9 Å². The lowest BCUT2D eigenvalue weighted by atomic mass is 10.1. The van der Waals surface area contributed by atoms with Crippen LogP contribution in [0, 0.1) is 18.3 Å². The first kappa shape index (κ1) is 18.9. The fourth-order valence-corrected chi connectivity index (χ4v) is 4.14. The molecule has 0 amide bonds. The molecule has 0 bridgehead atoms. The van der Waals surface area contributed by atoms with E-state index >= 15 is 0 Å². The zero-order valence-corrected chi connectivity index (χ0v) is 16.3. The van der Waals surface area contributed by atoms with Crippen molar-refractivity contribution in [3.63, 3.8) is 0 Å². The van der Waals surface area contributed by atoms with Crippen LogP contribution >= 0.6 is 23.1 Å². The Kier molecular flexibility index (Phi) is 5.78. The van der Waals surface area contributed by atoms with Gasteiger partial charge in [-0.05, 0) is 26.0 Å². The molecule has 9 heteroatoms. The predicted molar refractivity (Wildman–Crippen MR) is 103 cm³/mol. The first-order valence-corrected chi connectivity index (χ1v) is 9.85. The van der Waals surface area contributed by atoms with E-state index in [2.05, 4.69) is 16.3 Å². The van der Waals surface area contributed by atoms with Crippen LogP contribution in [0.4, 0.5) is 5.00 Å². The molecule has 2 aromatic heterocycles. The molecule has 0 saturated heterocycles. The van der Waals surface area contributed by atoms with Gasteiger partial charge in [0.1, 0.15) is 15.9 Å². The standard InChI is InChI=1S/C18H16N4O3S2/c1-3-24-17(23)14-13(12(8-19)15(20)27-14)9-26-18-22-21-16(25-18)11-6-4-10(2)5-7-11/h4-7H,3,9,20H2,1-2H3. The Morgan fingerprint density at radius 2 is 2.11 bits per heavy atom. The Bertz CT molecular complexity index is 1000. The maximum absolute atomic E-state index is 12.1. The number of hydrogen-bond acceptors (Lipinski definition) is 9. The summed E-state index contributed by atoms with van der Waals surface area (Å²) in [5.41, 5.74) is 8.65. The minimum absolute atomic E-state index is 0.245. The molecule has 7 nitrogen and oxygen atoms in total. The zero-order valence-electron chi connectivity index (χ0n) is 14.7. The third kappa shape index (κ3) is 4.13. The Morgan fingerprint density at radius 3 is 2.78 bits per heavy atom. The summed E-state index contributed by atoms with van der Waals surface area (Å²) in [6, 6.07) is 9.79. The van der Waals surface area contributed by atoms with E-state index in [1.165, 1.54) is 11.8 Å². The van der Waals surface area contributed by atoms with E-state index in [1.54, 1.807) is 6.92 Å². The summed E-state index contributed by atoms with van der Waals surface area (Å²) in [5.74, 6) is 0.214. The van der Waals surface area contributed by atoms with E-state index in [-0.39, 0.29) is 12.2 Å². The van der Waals surface area contributed by atoms with Crippen LogP contribution in [0.25, 0.3) is 11.5 Å². The summed E-state index contributed by atoms with van der Waals surface area (Å²) in [7, 11) is 0. The summed E-state index contributed by atoms with van der Waals surface area (Å²) >= 11 is 2.29. The number of thiophene rings is 1. The number of esters is 1. The van der Waals surface area contributed by atoms with Gasteiger partial charge in [0.25, 0.3) is 5.22 Å². The first-order valence-electron chi connectivity index (χ1n) is 8.05. The lowest BCUT2D eigenvalue weighted by molar-refractivity contribution is 0.0531. The average molecular weight is 400 g/mol. The number of hydrogen-bond donors (Lipinski definition) is 1. The van der Waals surface area contributed by atoms with Crippen molar-refractivity contribution >= 4 is 34.1 Å². The molecule has 3 rings (SSSR count). The molecule has 0 radical (unpaired) electrons. The van der Waals surface area contributed by atoms with E-state index in [0.29, 0.717) is 32.3 Å². The molecule has 0 aliphatic heterocycles. The topological polar surface area (TPSA) is 115 Å². The van der Waals surface area contributed by atoms with Crippen LogP contribution in [0.5, 0.6) is 0 Å². The second kappa shape index (κ2) is 8.24. The van der Waals surface area contributed by atoms with E-state index in [1.807, 2.05) is 31.2 Å². The molecule has 2 heterocycles. The van der Waals surface area contributed by atoms with Crippen LogP contribution < -0.4 is 5.73 Å². The fraction of sp³-hybridized carbons (Fsp3) is 0.222. The van der Waals surface area contributed by atoms with Gasteiger partial charge in [0.2, 0.25) is 5.89 Å². The van der Waals surface area contributed by atoms with Gasteiger partial charge in [0.05, 0.1) is 12.2 Å². The van der Waals surface area contributed by atoms with Crippen LogP contribution in [0.2, 0.25) is 0 Å². The number of carbonyl (C=O) groups is 1. The van der Waals surface area contributed by atoms with Gasteiger partial charge in [-0.2, -0.15) is 5.26 Å². The minimum atomic E-state index is -0.489. The number of carbonyl (C=O) groups excluding carboxylic acids is 1. The van der Waals surface area contributed by atoms with Gasteiger partial charge in [0.15, 0.2) is 0 Å². The van der Waals surface area contributed by atoms with Gasteiger partial charge in [0, 0.05) is 16.9 Å². The number of rotatable bonds is 6. The van der Waals surface area contributed by atoms with Crippen LogP contribution in [0.15, 0.2) is 33.9 Å². The fourth-order valence-electron chi connectivity index (χ4n) is 2.32. The Hall–Kier alpha value is -2.83. The first-order chi connectivity index (χ1) is 13.0. The molecule has 0 saturated carbocycles. The van der Waals surface area contributed by atoms with Crippen LogP contribution in [-0.4, -0.2) is 22.8 Å². The van der Waals surface area contributed by atoms with Crippen molar-refractivity contribution in [2.75, 3.05) is 12.3 Å². The largest absolute Gasteiger partial charge is 0.462 e. The van der Waals surface area contributed by atoms with Crippen molar-refractivity contribution in [1.82, 2.24) is 10.2 Å². The molecule has 0 atom stereocenters. The van der Waals surface area contributed by atoms with Gasteiger partial charge in [-0.3, -0.25) is 0 Å². The van der Waals surface area contributed by atoms with Gasteiger partial charge in [-0.1, -0.05) is 29.5 Å². The van der Waals surface area contributed by atoms with E-state index in [9.17, 15) is 10.1 Å². The molecule has 138 valence electrons. The summed E-state index contributed by atoms with van der Waals surface area (Å²) in [6.07, 6.45) is 0. The second-order valence-corrected chi connectivity index (χ2v) is 7.49. The Morgan fingerprint density at radius 1 is 1.37 bits per heavy atom. The highest BCUT2D eigenvalue weighted by atomic mass is 32.2. The molecule has 1 aromatic carbocycles. The number of ether oxygens (including phenoxy) is 1. The molecule has 0 fully saturated rings. The van der Waals surface area contributed by atoms with E-state index in [0.717, 1.165) is 22.5 Å². The maximum atomic E-state index is 12.1. The monoisotopic (exact) mass is 400 g/mol. The zero-order chi connectivity index (χ0) is 19.4. The highest BCUT2D eigenvalue weighted by Crippen LogP contribution is 2.35. The van der Waals surface area contributed by atoms with Crippen molar-refractivity contribution in [2.45, 2.75) is 24.8 Å². The van der Waals surface area contributed by atoms with Crippen molar-refractivity contribution in [1.29, 1.82) is 5.26 Å². The number of anilines is 1. The number of nitriles is 1. The van der Waals surface area contributed by atoms with E-state index in [4.69, 9.17) is 14.9 Å². The molecule has 0 unspecified atom stereocenters. The summed E-state index contributed by atoms with van der Waals surface area (Å²) in [6.45, 7) is 3.97. The number of nitrogens with two attached hydrogens (primary N) is 1. The van der Waals surface area contributed by atoms with Gasteiger partial charge in [-0.25, -0.2) is 4.79 Å². The molecule has 27 heavy (non-hydrogen) atoms. The normalized spacial score (nSPS) is 10.6. The van der Waals surface area contributed by atoms with Crippen molar-refractivity contribution in [3.8, 4) is 17.5 Å². The second-order valence-electron chi connectivity index (χ2n) is 5.51. The lowest BCUT2D eigenvalue weighted by Crippen LogP contribution is -2.05. The molecule has 0 aliphatic rings. The molecular weight excluding hydrogens is 384 g/mol. The molecule has 3 aromatic rings. The van der Waals surface area contributed by atoms with Crippen LogP contribution in [-0.2, 0) is 10.5 Å². The number of nitrogens with zero attached hydrogens (tertiary/aromatic N) is 3. The quantitative estimate of drug-likeness (QED) is 0.487. The highest BCUT2D eigenvalue weighted by Gasteiger charge is 2.23. The van der Waals surface area contributed by atoms with Crippen molar-refractivity contribution in [3.05, 3.63) is 45.8 Å². The molecular formula is C18H16N4O3S2. The lowest BCUT2D eigenvalue weighted by Gasteiger charge is -2.02. The molecule has 0 aliphatic carbocycles. The number of nitrogen functional groups attached to an aromatic ring is 1. The summed E-state index contributed by atoms with van der Waals surface area (Å²) in [4.78, 5) is 12.5. The minimum Gasteiger partial charge on any atom is -0.462 e. The summed E-state index contributed by atoms with van der Waals surface area (Å²) in [5, 5.41) is 18.1. The van der Waals surface area contributed by atoms with Gasteiger partial charge >= 0.3 is 5.97 Å². The maximum Gasteiger partial charge on any atom is 0.348 e. The van der Waals surface area contributed by atoms with Crippen molar-refractivity contribution in [2.24, 2.45) is 0 Å². The number of benzene rings is 1. The third-order valence-electron chi connectivity index (χ3n) is 3.65. The summed E-state index contributed by atoms with van der Waals surface area (Å²) < 4.78 is 10.7. The van der Waals surface area contributed by atoms with Gasteiger partial charge in [-0.15, -0.1) is 21.5 Å². The highest BCUT2D eigenvalue weighted by molar-refractivity contribution is 7.98. The average Bonchev–Trinajstić information content (AvgIpc) is 3.25. The van der Waals surface area contributed by atoms with E-state index < -0.39 is 5.97 Å².